The molecule has 1 aliphatic rings. The Balaban J connectivity index is 2.42. The molecule has 0 aromatic carbocycles. The monoisotopic (exact) mass is 402 g/mol. The summed E-state index contributed by atoms with van der Waals surface area (Å²) in [6.07, 6.45) is 0. The highest BCUT2D eigenvalue weighted by molar-refractivity contribution is 9.11. The summed E-state index contributed by atoms with van der Waals surface area (Å²) in [7, 11) is 4.88. The molecule has 1 aromatic rings. The van der Waals surface area contributed by atoms with Crippen molar-refractivity contribution in [3.63, 3.8) is 0 Å². The second-order valence-corrected chi connectivity index (χ2v) is 7.62. The topological polar surface area (TPSA) is 59.1 Å². The van der Waals surface area contributed by atoms with E-state index in [0.29, 0.717) is 17.9 Å². The van der Waals surface area contributed by atoms with Gasteiger partial charge in [-0.2, -0.15) is 0 Å². The van der Waals surface area contributed by atoms with E-state index in [1.165, 1.54) is 16.2 Å². The molecular formula is C15H19BrN2O4S. The maximum atomic E-state index is 12.6. The number of rotatable bonds is 5. The lowest BCUT2D eigenvalue weighted by Gasteiger charge is -2.38. The summed E-state index contributed by atoms with van der Waals surface area (Å²) in [6.45, 7) is 2.26. The number of hydrogen-bond acceptors (Lipinski definition) is 5. The number of nitrogens with zero attached hydrogens (tertiary/aromatic N) is 2. The molecule has 1 atom stereocenters. The zero-order chi connectivity index (χ0) is 17.1. The van der Waals surface area contributed by atoms with Crippen LogP contribution in [-0.4, -0.2) is 56.2 Å². The van der Waals surface area contributed by atoms with Crippen molar-refractivity contribution in [2.75, 3.05) is 34.4 Å². The van der Waals surface area contributed by atoms with E-state index in [1.807, 2.05) is 12.1 Å². The zero-order valence-corrected chi connectivity index (χ0v) is 15.9. The Hall–Kier alpha value is -1.38. The number of allylic oxidation sites excluding steroid dienone is 1. The van der Waals surface area contributed by atoms with Gasteiger partial charge in [-0.05, 0) is 35.0 Å². The fourth-order valence-electron chi connectivity index (χ4n) is 2.43. The first-order valence-corrected chi connectivity index (χ1v) is 8.62. The van der Waals surface area contributed by atoms with Gasteiger partial charge in [0.15, 0.2) is 0 Å². The second kappa shape index (κ2) is 7.46. The first-order valence-electron chi connectivity index (χ1n) is 7.01. The van der Waals surface area contributed by atoms with Crippen molar-refractivity contribution >= 4 is 39.3 Å². The molecule has 0 unspecified atom stereocenters. The van der Waals surface area contributed by atoms with Gasteiger partial charge in [0.05, 0.1) is 16.0 Å². The average Bonchev–Trinajstić information content (AvgIpc) is 2.94. The van der Waals surface area contributed by atoms with E-state index < -0.39 is 12.0 Å². The Kier molecular flexibility index (Phi) is 5.83. The first-order chi connectivity index (χ1) is 10.9. The summed E-state index contributed by atoms with van der Waals surface area (Å²) in [6, 6.07) is 3.19. The molecule has 0 saturated carbocycles. The molecule has 0 fully saturated rings. The molecule has 8 heteroatoms. The predicted molar refractivity (Wildman–Crippen MR) is 91.2 cm³/mol. The number of thiophene rings is 1. The van der Waals surface area contributed by atoms with Crippen molar-refractivity contribution in [3.8, 4) is 0 Å². The molecule has 6 nitrogen and oxygen atoms in total. The van der Waals surface area contributed by atoms with Crippen LogP contribution in [0.3, 0.4) is 0 Å². The normalized spacial score (nSPS) is 18.7. The van der Waals surface area contributed by atoms with Crippen molar-refractivity contribution in [1.29, 1.82) is 0 Å². The van der Waals surface area contributed by atoms with Gasteiger partial charge < -0.3 is 19.3 Å². The smallest absolute Gasteiger partial charge is 0.338 e. The number of methoxy groups -OCH3 is 1. The van der Waals surface area contributed by atoms with Gasteiger partial charge in [-0.3, -0.25) is 0 Å². The second-order valence-electron chi connectivity index (χ2n) is 5.12. The summed E-state index contributed by atoms with van der Waals surface area (Å²) in [5.74, 6) is -0.430. The molecule has 0 N–H and O–H groups in total. The summed E-state index contributed by atoms with van der Waals surface area (Å²) in [5, 5.41) is 0. The molecule has 2 rings (SSSR count). The molecule has 1 aliphatic heterocycles. The number of urea groups is 1. The zero-order valence-electron chi connectivity index (χ0n) is 13.5. The molecule has 0 saturated heterocycles. The molecule has 2 amide bonds. The lowest BCUT2D eigenvalue weighted by atomic mass is 9.99. The van der Waals surface area contributed by atoms with Crippen LogP contribution in [0.25, 0.3) is 0 Å². The average molecular weight is 403 g/mol. The number of amides is 2. The molecular weight excluding hydrogens is 384 g/mol. The number of likely N-dealkylation sites (N-methyl/N-ethyl adjacent to an activating group) is 1. The largest absolute Gasteiger partial charge is 0.460 e. The fraction of sp³-hybridized carbons (Fsp3) is 0.467. The van der Waals surface area contributed by atoms with Gasteiger partial charge >= 0.3 is 12.0 Å². The highest BCUT2D eigenvalue weighted by Gasteiger charge is 2.39. The third kappa shape index (κ3) is 3.59. The molecule has 0 spiro atoms. The van der Waals surface area contributed by atoms with Crippen molar-refractivity contribution in [2.24, 2.45) is 0 Å². The Morgan fingerprint density at radius 1 is 1.35 bits per heavy atom. The van der Waals surface area contributed by atoms with Gasteiger partial charge in [0.25, 0.3) is 0 Å². The lowest BCUT2D eigenvalue weighted by molar-refractivity contribution is -0.141. The van der Waals surface area contributed by atoms with Gasteiger partial charge in [0.2, 0.25) is 0 Å². The van der Waals surface area contributed by atoms with Crippen LogP contribution >= 0.6 is 27.3 Å². The van der Waals surface area contributed by atoms with Crippen LogP contribution < -0.4 is 0 Å². The Labute approximate surface area is 147 Å². The number of esters is 1. The van der Waals surface area contributed by atoms with Crippen molar-refractivity contribution in [2.45, 2.75) is 13.0 Å². The van der Waals surface area contributed by atoms with Crippen LogP contribution in [0.15, 0.2) is 27.2 Å². The minimum Gasteiger partial charge on any atom is -0.460 e. The standard InChI is InChI=1S/C15H19BrN2O4S/c1-9-12(14(19)22-8-7-21-4)13(10-5-6-11(16)23-10)18(3)15(20)17(9)2/h5-6,13H,7-8H2,1-4H3/t13-/m0/s1. The van der Waals surface area contributed by atoms with Crippen molar-refractivity contribution < 1.29 is 19.1 Å². The van der Waals surface area contributed by atoms with E-state index in [-0.39, 0.29) is 12.6 Å². The highest BCUT2D eigenvalue weighted by atomic mass is 79.9. The van der Waals surface area contributed by atoms with Crippen LogP contribution in [0.5, 0.6) is 0 Å². The lowest BCUT2D eigenvalue weighted by Crippen LogP contribution is -2.47. The number of carbonyl (C=O) groups excluding carboxylic acids is 2. The molecule has 23 heavy (non-hydrogen) atoms. The number of carbonyl (C=O) groups is 2. The number of hydrogen-bond donors (Lipinski definition) is 0. The van der Waals surface area contributed by atoms with Crippen molar-refractivity contribution in [3.05, 3.63) is 32.1 Å². The van der Waals surface area contributed by atoms with Gasteiger partial charge in [-0.1, -0.05) is 0 Å². The molecule has 1 aromatic heterocycles. The predicted octanol–water partition coefficient (Wildman–Crippen LogP) is 3.01. The third-order valence-electron chi connectivity index (χ3n) is 3.75. The van der Waals surface area contributed by atoms with Crippen LogP contribution in [0.2, 0.25) is 0 Å². The van der Waals surface area contributed by atoms with E-state index in [0.717, 1.165) is 8.66 Å². The SMILES string of the molecule is COCCOC(=O)C1=C(C)N(C)C(=O)N(C)[C@H]1c1ccc(Br)s1. The number of ether oxygens (including phenoxy) is 2. The van der Waals surface area contributed by atoms with Crippen LogP contribution in [-0.2, 0) is 14.3 Å². The van der Waals surface area contributed by atoms with E-state index in [1.54, 1.807) is 33.0 Å². The van der Waals surface area contributed by atoms with Gasteiger partial charge in [0, 0.05) is 31.8 Å². The molecule has 0 aliphatic carbocycles. The highest BCUT2D eigenvalue weighted by Crippen LogP contribution is 2.40. The van der Waals surface area contributed by atoms with E-state index in [9.17, 15) is 9.59 Å². The summed E-state index contributed by atoms with van der Waals surface area (Å²) in [5.41, 5.74) is 1.07. The molecule has 0 radical (unpaired) electrons. The van der Waals surface area contributed by atoms with E-state index in [4.69, 9.17) is 9.47 Å². The summed E-state index contributed by atoms with van der Waals surface area (Å²) in [4.78, 5) is 28.9. The Morgan fingerprint density at radius 2 is 2.04 bits per heavy atom. The molecule has 2 heterocycles. The van der Waals surface area contributed by atoms with Gasteiger partial charge in [0.1, 0.15) is 12.6 Å². The first kappa shape index (κ1) is 18.0. The molecule has 126 valence electrons. The Morgan fingerprint density at radius 3 is 2.61 bits per heavy atom. The van der Waals surface area contributed by atoms with E-state index >= 15 is 0 Å². The van der Waals surface area contributed by atoms with Crippen LogP contribution in [0, 0.1) is 0 Å². The van der Waals surface area contributed by atoms with Crippen molar-refractivity contribution in [1.82, 2.24) is 9.80 Å². The summed E-state index contributed by atoms with van der Waals surface area (Å²) < 4.78 is 11.1. The van der Waals surface area contributed by atoms with E-state index in [2.05, 4.69) is 15.9 Å². The maximum Gasteiger partial charge on any atom is 0.338 e. The quantitative estimate of drug-likeness (QED) is 0.560. The third-order valence-corrected chi connectivity index (χ3v) is 5.42. The van der Waals surface area contributed by atoms with Gasteiger partial charge in [-0.25, -0.2) is 9.59 Å². The molecule has 0 bridgehead atoms. The minimum absolute atomic E-state index is 0.162. The van der Waals surface area contributed by atoms with Crippen LogP contribution in [0.1, 0.15) is 17.8 Å². The number of halogens is 1. The van der Waals surface area contributed by atoms with Gasteiger partial charge in [-0.15, -0.1) is 11.3 Å². The Bertz CT molecular complexity index is 643. The minimum atomic E-state index is -0.454. The summed E-state index contributed by atoms with van der Waals surface area (Å²) >= 11 is 4.92. The maximum absolute atomic E-state index is 12.6. The van der Waals surface area contributed by atoms with Crippen LogP contribution in [0.4, 0.5) is 4.79 Å². The fourth-order valence-corrected chi connectivity index (χ4v) is 4.00.